The Morgan fingerprint density at radius 3 is 1.82 bits per heavy atom. The third kappa shape index (κ3) is 18.8. The summed E-state index contributed by atoms with van der Waals surface area (Å²) < 4.78 is 5.53. The number of esters is 1. The second kappa shape index (κ2) is 21.2. The van der Waals surface area contributed by atoms with Crippen LogP contribution in [0.15, 0.2) is 0 Å². The molecule has 0 bridgehead atoms. The number of carbonyl (C=O) groups is 1. The van der Waals surface area contributed by atoms with Crippen LogP contribution in [0.2, 0.25) is 0 Å². The van der Waals surface area contributed by atoms with Crippen LogP contribution in [0.3, 0.4) is 0 Å². The minimum Gasteiger partial charge on any atom is -0.466 e. The van der Waals surface area contributed by atoms with Gasteiger partial charge < -0.3 is 4.74 Å². The predicted molar refractivity (Wildman–Crippen MR) is 124 cm³/mol. The monoisotopic (exact) mass is 396 g/mol. The SMILES string of the molecule is CCCCCC(CCCCC)CCOC(=O)CCCCCCCC(C)CCC. The zero-order valence-corrected chi connectivity index (χ0v) is 19.9. The largest absolute Gasteiger partial charge is 0.466 e. The number of rotatable bonds is 21. The summed E-state index contributed by atoms with van der Waals surface area (Å²) in [7, 11) is 0. The summed E-state index contributed by atoms with van der Waals surface area (Å²) in [5, 5.41) is 0. The molecule has 2 heteroatoms. The van der Waals surface area contributed by atoms with E-state index in [4.69, 9.17) is 4.74 Å². The molecule has 0 N–H and O–H groups in total. The smallest absolute Gasteiger partial charge is 0.305 e. The summed E-state index contributed by atoms with van der Waals surface area (Å²) in [6, 6.07) is 0. The molecular weight excluding hydrogens is 344 g/mol. The van der Waals surface area contributed by atoms with Gasteiger partial charge in [0.1, 0.15) is 0 Å². The molecule has 0 saturated carbocycles. The number of carbonyl (C=O) groups excluding carboxylic acids is 1. The maximum absolute atomic E-state index is 12.0. The third-order valence-electron chi connectivity index (χ3n) is 6.08. The van der Waals surface area contributed by atoms with E-state index in [9.17, 15) is 4.79 Å². The molecule has 1 unspecified atom stereocenters. The second-order valence-electron chi connectivity index (χ2n) is 9.07. The van der Waals surface area contributed by atoms with Crippen molar-refractivity contribution in [1.82, 2.24) is 0 Å². The molecule has 0 radical (unpaired) electrons. The molecule has 0 aromatic carbocycles. The van der Waals surface area contributed by atoms with Crippen molar-refractivity contribution in [1.29, 1.82) is 0 Å². The van der Waals surface area contributed by atoms with Gasteiger partial charge in [-0.25, -0.2) is 0 Å². The first-order chi connectivity index (χ1) is 13.6. The van der Waals surface area contributed by atoms with Gasteiger partial charge in [-0.15, -0.1) is 0 Å². The van der Waals surface area contributed by atoms with Crippen LogP contribution in [-0.2, 0) is 9.53 Å². The van der Waals surface area contributed by atoms with E-state index >= 15 is 0 Å². The molecule has 0 rings (SSSR count). The lowest BCUT2D eigenvalue weighted by atomic mass is 9.92. The lowest BCUT2D eigenvalue weighted by Gasteiger charge is -2.16. The number of hydrogen-bond donors (Lipinski definition) is 0. The predicted octanol–water partition coefficient (Wildman–Crippen LogP) is 8.86. The molecule has 1 atom stereocenters. The zero-order chi connectivity index (χ0) is 20.9. The fourth-order valence-electron chi connectivity index (χ4n) is 4.14. The van der Waals surface area contributed by atoms with Crippen LogP contribution in [0.5, 0.6) is 0 Å². The molecule has 0 aliphatic carbocycles. The molecule has 0 aromatic heterocycles. The van der Waals surface area contributed by atoms with Gasteiger partial charge in [-0.1, -0.05) is 124 Å². The first-order valence-corrected chi connectivity index (χ1v) is 12.8. The maximum atomic E-state index is 12.0. The molecule has 0 heterocycles. The van der Waals surface area contributed by atoms with Gasteiger partial charge in [0.2, 0.25) is 0 Å². The normalized spacial score (nSPS) is 12.5. The van der Waals surface area contributed by atoms with Gasteiger partial charge in [-0.3, -0.25) is 4.79 Å². The number of unbranched alkanes of at least 4 members (excludes halogenated alkanes) is 8. The highest BCUT2D eigenvalue weighted by Gasteiger charge is 2.10. The summed E-state index contributed by atoms with van der Waals surface area (Å²) in [6.07, 6.45) is 22.4. The molecular formula is C26H52O2. The summed E-state index contributed by atoms with van der Waals surface area (Å²) >= 11 is 0. The molecule has 0 aliphatic heterocycles. The van der Waals surface area contributed by atoms with E-state index in [-0.39, 0.29) is 5.97 Å². The van der Waals surface area contributed by atoms with Crippen molar-refractivity contribution in [3.8, 4) is 0 Å². The minimum atomic E-state index is 0.0254. The maximum Gasteiger partial charge on any atom is 0.305 e. The van der Waals surface area contributed by atoms with Crippen molar-refractivity contribution in [2.45, 2.75) is 143 Å². The molecule has 28 heavy (non-hydrogen) atoms. The van der Waals surface area contributed by atoms with E-state index in [1.165, 1.54) is 96.3 Å². The van der Waals surface area contributed by atoms with Gasteiger partial charge in [-0.2, -0.15) is 0 Å². The van der Waals surface area contributed by atoms with Crippen LogP contribution >= 0.6 is 0 Å². The van der Waals surface area contributed by atoms with Gasteiger partial charge in [0.15, 0.2) is 0 Å². The Morgan fingerprint density at radius 1 is 0.643 bits per heavy atom. The Morgan fingerprint density at radius 2 is 1.21 bits per heavy atom. The van der Waals surface area contributed by atoms with Gasteiger partial charge >= 0.3 is 5.97 Å². The van der Waals surface area contributed by atoms with E-state index in [0.29, 0.717) is 13.0 Å². The van der Waals surface area contributed by atoms with E-state index < -0.39 is 0 Å². The van der Waals surface area contributed by atoms with Gasteiger partial charge in [0.05, 0.1) is 6.61 Å². The molecule has 2 nitrogen and oxygen atoms in total. The summed E-state index contributed by atoms with van der Waals surface area (Å²) in [4.78, 5) is 12.0. The van der Waals surface area contributed by atoms with Crippen LogP contribution < -0.4 is 0 Å². The Bertz CT molecular complexity index is 316. The number of hydrogen-bond acceptors (Lipinski definition) is 2. The van der Waals surface area contributed by atoms with Gasteiger partial charge in [0, 0.05) is 6.42 Å². The van der Waals surface area contributed by atoms with E-state index in [1.54, 1.807) is 0 Å². The lowest BCUT2D eigenvalue weighted by Crippen LogP contribution is -2.10. The minimum absolute atomic E-state index is 0.0254. The third-order valence-corrected chi connectivity index (χ3v) is 6.08. The van der Waals surface area contributed by atoms with Crippen molar-refractivity contribution >= 4 is 5.97 Å². The Kier molecular flexibility index (Phi) is 20.8. The molecule has 0 saturated heterocycles. The molecule has 0 amide bonds. The molecule has 0 aromatic rings. The average Bonchev–Trinajstić information content (AvgIpc) is 2.67. The van der Waals surface area contributed by atoms with Crippen LogP contribution in [0, 0.1) is 11.8 Å². The zero-order valence-electron chi connectivity index (χ0n) is 19.9. The quantitative estimate of drug-likeness (QED) is 0.143. The Hall–Kier alpha value is -0.530. The van der Waals surface area contributed by atoms with Crippen LogP contribution in [0.25, 0.3) is 0 Å². The molecule has 0 spiro atoms. The standard InChI is InChI=1S/C26H52O2/c1-5-8-13-19-25(20-14-9-6-2)22-23-28-26(27)21-16-12-10-11-15-18-24(4)17-7-3/h24-25H,5-23H2,1-4H3. The van der Waals surface area contributed by atoms with Gasteiger partial charge in [0.25, 0.3) is 0 Å². The Balaban J connectivity index is 3.67. The highest BCUT2D eigenvalue weighted by Crippen LogP contribution is 2.21. The van der Waals surface area contributed by atoms with E-state index in [2.05, 4.69) is 27.7 Å². The van der Waals surface area contributed by atoms with E-state index in [1.807, 2.05) is 0 Å². The van der Waals surface area contributed by atoms with Crippen molar-refractivity contribution < 1.29 is 9.53 Å². The molecule has 168 valence electrons. The van der Waals surface area contributed by atoms with Crippen molar-refractivity contribution in [2.75, 3.05) is 6.61 Å². The topological polar surface area (TPSA) is 26.3 Å². The van der Waals surface area contributed by atoms with E-state index in [0.717, 1.165) is 24.7 Å². The second-order valence-corrected chi connectivity index (χ2v) is 9.07. The molecule has 0 fully saturated rings. The summed E-state index contributed by atoms with van der Waals surface area (Å²) in [5.74, 6) is 1.66. The molecule has 0 aliphatic rings. The van der Waals surface area contributed by atoms with Crippen molar-refractivity contribution in [2.24, 2.45) is 11.8 Å². The van der Waals surface area contributed by atoms with Gasteiger partial charge in [-0.05, 0) is 24.7 Å². The van der Waals surface area contributed by atoms with Crippen molar-refractivity contribution in [3.63, 3.8) is 0 Å². The van der Waals surface area contributed by atoms with Crippen LogP contribution in [0.1, 0.15) is 143 Å². The number of ether oxygens (including phenoxy) is 1. The fourth-order valence-corrected chi connectivity index (χ4v) is 4.14. The Labute approximate surface area is 177 Å². The van der Waals surface area contributed by atoms with Crippen molar-refractivity contribution in [3.05, 3.63) is 0 Å². The first-order valence-electron chi connectivity index (χ1n) is 12.8. The fraction of sp³-hybridized carbons (Fsp3) is 0.962. The average molecular weight is 397 g/mol. The van der Waals surface area contributed by atoms with Crippen LogP contribution in [0.4, 0.5) is 0 Å². The first kappa shape index (κ1) is 27.5. The lowest BCUT2D eigenvalue weighted by molar-refractivity contribution is -0.144. The summed E-state index contributed by atoms with van der Waals surface area (Å²) in [6.45, 7) is 9.81. The highest BCUT2D eigenvalue weighted by atomic mass is 16.5. The highest BCUT2D eigenvalue weighted by molar-refractivity contribution is 5.69. The van der Waals surface area contributed by atoms with Crippen LogP contribution in [-0.4, -0.2) is 12.6 Å². The summed E-state index contributed by atoms with van der Waals surface area (Å²) in [5.41, 5.74) is 0.